The van der Waals surface area contributed by atoms with E-state index in [1.165, 1.54) is 6.08 Å². The molecule has 1 aromatic heterocycles. The summed E-state index contributed by atoms with van der Waals surface area (Å²) in [7, 11) is 1.90. The van der Waals surface area contributed by atoms with E-state index in [1.807, 2.05) is 42.1 Å². The van der Waals surface area contributed by atoms with Crippen molar-refractivity contribution in [1.82, 2.24) is 4.57 Å². The Morgan fingerprint density at radius 1 is 0.960 bits per heavy atom. The summed E-state index contributed by atoms with van der Waals surface area (Å²) in [4.78, 5) is 26.5. The van der Waals surface area contributed by atoms with Crippen molar-refractivity contribution in [3.63, 3.8) is 0 Å². The predicted octanol–water partition coefficient (Wildman–Crippen LogP) is 4.44. The van der Waals surface area contributed by atoms with E-state index in [4.69, 9.17) is 23.2 Å². The maximum atomic E-state index is 13.0. The van der Waals surface area contributed by atoms with E-state index < -0.39 is 11.8 Å². The zero-order chi connectivity index (χ0) is 17.7. The van der Waals surface area contributed by atoms with Gasteiger partial charge in [0.2, 0.25) is 0 Å². The van der Waals surface area contributed by atoms with E-state index >= 15 is 0 Å². The number of halogens is 2. The van der Waals surface area contributed by atoms with E-state index in [-0.39, 0.29) is 10.7 Å². The largest absolute Gasteiger partial charge is 0.350 e. The van der Waals surface area contributed by atoms with Gasteiger partial charge >= 0.3 is 0 Å². The summed E-state index contributed by atoms with van der Waals surface area (Å²) >= 11 is 12.2. The topological polar surface area (TPSA) is 42.3 Å². The molecule has 0 spiro atoms. The molecule has 25 heavy (non-hydrogen) atoms. The van der Waals surface area contributed by atoms with Crippen LogP contribution < -0.4 is 4.90 Å². The Morgan fingerprint density at radius 2 is 1.72 bits per heavy atom. The first-order chi connectivity index (χ1) is 12.0. The lowest BCUT2D eigenvalue weighted by atomic mass is 10.1. The summed E-state index contributed by atoms with van der Waals surface area (Å²) < 4.78 is 1.93. The van der Waals surface area contributed by atoms with Crippen molar-refractivity contribution in [1.29, 1.82) is 0 Å². The van der Waals surface area contributed by atoms with Crippen molar-refractivity contribution < 1.29 is 9.59 Å². The lowest BCUT2D eigenvalue weighted by Crippen LogP contribution is -2.30. The van der Waals surface area contributed by atoms with Crippen molar-refractivity contribution in [2.75, 3.05) is 4.90 Å². The van der Waals surface area contributed by atoms with Gasteiger partial charge in [-0.3, -0.25) is 9.59 Å². The number of imide groups is 1. The minimum Gasteiger partial charge on any atom is -0.350 e. The summed E-state index contributed by atoms with van der Waals surface area (Å²) in [5.41, 5.74) is 2.34. The zero-order valence-electron chi connectivity index (χ0n) is 13.2. The molecule has 3 aromatic rings. The molecule has 0 unspecified atom stereocenters. The highest BCUT2D eigenvalue weighted by Gasteiger charge is 2.35. The highest BCUT2D eigenvalue weighted by atomic mass is 35.5. The smallest absolute Gasteiger partial charge is 0.266 e. The van der Waals surface area contributed by atoms with Crippen molar-refractivity contribution in [2.45, 2.75) is 0 Å². The molecule has 6 heteroatoms. The Labute approximate surface area is 153 Å². The summed E-state index contributed by atoms with van der Waals surface area (Å²) in [6.45, 7) is 0. The maximum absolute atomic E-state index is 13.0. The van der Waals surface area contributed by atoms with Crippen LogP contribution in [0.4, 0.5) is 5.69 Å². The van der Waals surface area contributed by atoms with Crippen molar-refractivity contribution in [3.8, 4) is 0 Å². The average molecular weight is 371 g/mol. The monoisotopic (exact) mass is 370 g/mol. The van der Waals surface area contributed by atoms with Gasteiger partial charge < -0.3 is 4.57 Å². The Hall–Kier alpha value is -2.56. The van der Waals surface area contributed by atoms with Gasteiger partial charge in [-0.15, -0.1) is 0 Å². The third kappa shape index (κ3) is 2.37. The second-order valence-corrected chi connectivity index (χ2v) is 6.57. The molecular weight excluding hydrogens is 359 g/mol. The first-order valence-electron chi connectivity index (χ1n) is 7.57. The lowest BCUT2D eigenvalue weighted by molar-refractivity contribution is -0.119. The molecule has 1 aliphatic rings. The highest BCUT2D eigenvalue weighted by Crippen LogP contribution is 2.38. The number of aromatic nitrogens is 1. The number of anilines is 1. The number of carbonyl (C=O) groups is 2. The molecule has 2 aromatic carbocycles. The SMILES string of the molecule is Cn1cc(C2=CC(=O)N(c3cccc(Cl)c3Cl)C2=O)c2ccccc21. The minimum atomic E-state index is -0.433. The number of rotatable bonds is 2. The van der Waals surface area contributed by atoms with Crippen LogP contribution in [0.25, 0.3) is 16.5 Å². The van der Waals surface area contributed by atoms with Crippen LogP contribution in [0.1, 0.15) is 5.56 Å². The van der Waals surface area contributed by atoms with Gasteiger partial charge in [0.15, 0.2) is 0 Å². The summed E-state index contributed by atoms with van der Waals surface area (Å²) in [6, 6.07) is 12.6. The molecule has 0 fully saturated rings. The molecule has 0 radical (unpaired) electrons. The number of carbonyl (C=O) groups excluding carboxylic acids is 2. The molecule has 4 nitrogen and oxygen atoms in total. The van der Waals surface area contributed by atoms with Crippen molar-refractivity contribution in [2.24, 2.45) is 7.05 Å². The molecule has 2 amide bonds. The van der Waals surface area contributed by atoms with Gasteiger partial charge in [0.1, 0.15) is 0 Å². The molecular formula is C19H12Cl2N2O2. The number of fused-ring (bicyclic) bond motifs is 1. The fraction of sp³-hybridized carbons (Fsp3) is 0.0526. The highest BCUT2D eigenvalue weighted by molar-refractivity contribution is 6.49. The molecule has 0 N–H and O–H groups in total. The molecule has 0 saturated carbocycles. The molecule has 4 rings (SSSR count). The molecule has 124 valence electrons. The quantitative estimate of drug-likeness (QED) is 0.625. The molecule has 0 saturated heterocycles. The maximum Gasteiger partial charge on any atom is 0.266 e. The fourth-order valence-electron chi connectivity index (χ4n) is 3.11. The molecule has 0 aliphatic carbocycles. The van der Waals surface area contributed by atoms with Gasteiger partial charge in [-0.05, 0) is 18.2 Å². The van der Waals surface area contributed by atoms with E-state index in [2.05, 4.69) is 0 Å². The van der Waals surface area contributed by atoms with Gasteiger partial charge in [-0.1, -0.05) is 47.5 Å². The fourth-order valence-corrected chi connectivity index (χ4v) is 3.49. The average Bonchev–Trinajstić information content (AvgIpc) is 3.08. The summed E-state index contributed by atoms with van der Waals surface area (Å²) in [5.74, 6) is -0.845. The normalized spacial score (nSPS) is 14.5. The van der Waals surface area contributed by atoms with Crippen LogP contribution in [-0.2, 0) is 16.6 Å². The van der Waals surface area contributed by atoms with Gasteiger partial charge in [0.05, 0.1) is 21.3 Å². The number of benzene rings is 2. The van der Waals surface area contributed by atoms with Crippen LogP contribution in [0.5, 0.6) is 0 Å². The Kier molecular flexibility index (Phi) is 3.67. The van der Waals surface area contributed by atoms with E-state index in [0.717, 1.165) is 21.4 Å². The Morgan fingerprint density at radius 3 is 2.52 bits per heavy atom. The molecule has 0 bridgehead atoms. The third-order valence-corrected chi connectivity index (χ3v) is 5.09. The van der Waals surface area contributed by atoms with Crippen LogP contribution in [0.2, 0.25) is 10.0 Å². The predicted molar refractivity (Wildman–Crippen MR) is 99.9 cm³/mol. The number of hydrogen-bond donors (Lipinski definition) is 0. The van der Waals surface area contributed by atoms with Crippen LogP contribution >= 0.6 is 23.2 Å². The van der Waals surface area contributed by atoms with E-state index in [9.17, 15) is 9.59 Å². The third-order valence-electron chi connectivity index (χ3n) is 4.28. The lowest BCUT2D eigenvalue weighted by Gasteiger charge is -2.16. The van der Waals surface area contributed by atoms with Gasteiger partial charge in [0, 0.05) is 35.8 Å². The Balaban J connectivity index is 1.83. The first-order valence-corrected chi connectivity index (χ1v) is 8.33. The van der Waals surface area contributed by atoms with Crippen LogP contribution in [0, 0.1) is 0 Å². The molecule has 1 aliphatic heterocycles. The van der Waals surface area contributed by atoms with E-state index in [0.29, 0.717) is 10.6 Å². The van der Waals surface area contributed by atoms with Gasteiger partial charge in [-0.2, -0.15) is 0 Å². The summed E-state index contributed by atoms with van der Waals surface area (Å²) in [5, 5.41) is 1.38. The van der Waals surface area contributed by atoms with Crippen molar-refractivity contribution >= 4 is 57.2 Å². The van der Waals surface area contributed by atoms with Crippen LogP contribution in [0.15, 0.2) is 54.7 Å². The van der Waals surface area contributed by atoms with Gasteiger partial charge in [-0.25, -0.2) is 4.90 Å². The van der Waals surface area contributed by atoms with Crippen LogP contribution in [-0.4, -0.2) is 16.4 Å². The van der Waals surface area contributed by atoms with Crippen molar-refractivity contribution in [3.05, 3.63) is 70.3 Å². The van der Waals surface area contributed by atoms with E-state index in [1.54, 1.807) is 18.2 Å². The second kappa shape index (κ2) is 5.76. The number of hydrogen-bond acceptors (Lipinski definition) is 2. The molecule has 2 heterocycles. The number of aryl methyl sites for hydroxylation is 1. The summed E-state index contributed by atoms with van der Waals surface area (Å²) in [6.07, 6.45) is 3.20. The molecule has 0 atom stereocenters. The minimum absolute atomic E-state index is 0.179. The van der Waals surface area contributed by atoms with Gasteiger partial charge in [0.25, 0.3) is 11.8 Å². The Bertz CT molecular complexity index is 1080. The standard InChI is InChI=1S/C19H12Cl2N2O2/c1-22-10-13(11-5-2-3-7-15(11)22)12-9-17(24)23(19(12)25)16-8-4-6-14(20)18(16)21/h2-10H,1H3. The first kappa shape index (κ1) is 15.9. The number of nitrogens with zero attached hydrogens (tertiary/aromatic N) is 2. The van der Waals surface area contributed by atoms with Crippen LogP contribution in [0.3, 0.4) is 0 Å². The number of amides is 2. The zero-order valence-corrected chi connectivity index (χ0v) is 14.7. The number of para-hydroxylation sites is 1. The second-order valence-electron chi connectivity index (χ2n) is 5.78.